The molecular weight excluding hydrogens is 336 g/mol. The number of ether oxygens (including phenoxy) is 1. The Morgan fingerprint density at radius 3 is 2.60 bits per heavy atom. The fraction of sp³-hybridized carbons (Fsp3) is 0.250. The van der Waals surface area contributed by atoms with Gasteiger partial charge in [-0.25, -0.2) is 0 Å². The van der Waals surface area contributed by atoms with Crippen molar-refractivity contribution in [1.29, 1.82) is 0 Å². The topological polar surface area (TPSA) is 41.6 Å². The standard InChI is InChI=1S/C20H23ClN2O2/c1-4-13-25-17-11-9-16(10-12-17)14-23(3)15(2)20(24)22-19-8-6-5-7-18(19)21/h4-12,15H,1,13-14H2,2-3H3,(H,22,24). The molecule has 1 atom stereocenters. The van der Waals surface area contributed by atoms with Gasteiger partial charge in [0.2, 0.25) is 5.91 Å². The molecule has 0 fully saturated rings. The average molecular weight is 359 g/mol. The molecule has 0 bridgehead atoms. The highest BCUT2D eigenvalue weighted by molar-refractivity contribution is 6.33. The molecule has 0 radical (unpaired) electrons. The Hall–Kier alpha value is -2.30. The molecule has 1 amide bonds. The number of carbonyl (C=O) groups excluding carboxylic acids is 1. The van der Waals surface area contributed by atoms with Crippen LogP contribution in [0.5, 0.6) is 5.75 Å². The maximum absolute atomic E-state index is 12.4. The molecule has 0 aliphatic rings. The number of anilines is 1. The van der Waals surface area contributed by atoms with E-state index in [0.29, 0.717) is 23.9 Å². The number of hydrogen-bond donors (Lipinski definition) is 1. The minimum Gasteiger partial charge on any atom is -0.490 e. The second-order valence-corrected chi connectivity index (χ2v) is 6.21. The van der Waals surface area contributed by atoms with Gasteiger partial charge >= 0.3 is 0 Å². The first-order valence-corrected chi connectivity index (χ1v) is 8.47. The zero-order valence-corrected chi connectivity index (χ0v) is 15.3. The van der Waals surface area contributed by atoms with E-state index in [1.54, 1.807) is 18.2 Å². The van der Waals surface area contributed by atoms with Crippen LogP contribution >= 0.6 is 11.6 Å². The summed E-state index contributed by atoms with van der Waals surface area (Å²) in [5.41, 5.74) is 1.73. The van der Waals surface area contributed by atoms with Gasteiger partial charge in [-0.3, -0.25) is 9.69 Å². The van der Waals surface area contributed by atoms with Gasteiger partial charge < -0.3 is 10.1 Å². The number of carbonyl (C=O) groups is 1. The van der Waals surface area contributed by atoms with Crippen LogP contribution in [0.3, 0.4) is 0 Å². The van der Waals surface area contributed by atoms with Crippen LogP contribution in [-0.2, 0) is 11.3 Å². The summed E-state index contributed by atoms with van der Waals surface area (Å²) in [6.07, 6.45) is 1.71. The smallest absolute Gasteiger partial charge is 0.241 e. The zero-order valence-electron chi connectivity index (χ0n) is 14.5. The van der Waals surface area contributed by atoms with Gasteiger partial charge in [0.25, 0.3) is 0 Å². The van der Waals surface area contributed by atoms with E-state index >= 15 is 0 Å². The van der Waals surface area contributed by atoms with Crippen LogP contribution in [0.4, 0.5) is 5.69 Å². The van der Waals surface area contributed by atoms with Crippen molar-refractivity contribution < 1.29 is 9.53 Å². The molecule has 0 heterocycles. The van der Waals surface area contributed by atoms with Gasteiger partial charge in [0.05, 0.1) is 16.8 Å². The van der Waals surface area contributed by atoms with Gasteiger partial charge in [-0.2, -0.15) is 0 Å². The molecule has 132 valence electrons. The van der Waals surface area contributed by atoms with Crippen LogP contribution in [0.15, 0.2) is 61.2 Å². The van der Waals surface area contributed by atoms with E-state index in [1.165, 1.54) is 0 Å². The average Bonchev–Trinajstić information content (AvgIpc) is 2.62. The third-order valence-electron chi connectivity index (χ3n) is 3.90. The van der Waals surface area contributed by atoms with Crippen LogP contribution in [0.1, 0.15) is 12.5 Å². The van der Waals surface area contributed by atoms with Gasteiger partial charge in [-0.15, -0.1) is 0 Å². The lowest BCUT2D eigenvalue weighted by Gasteiger charge is -2.24. The Labute approximate surface area is 154 Å². The molecule has 0 aliphatic carbocycles. The third-order valence-corrected chi connectivity index (χ3v) is 4.23. The Bertz CT molecular complexity index is 716. The Balaban J connectivity index is 1.92. The Kier molecular flexibility index (Phi) is 7.04. The number of hydrogen-bond acceptors (Lipinski definition) is 3. The lowest BCUT2D eigenvalue weighted by molar-refractivity contribution is -0.120. The van der Waals surface area contributed by atoms with E-state index < -0.39 is 0 Å². The highest BCUT2D eigenvalue weighted by atomic mass is 35.5. The molecule has 2 aromatic rings. The highest BCUT2D eigenvalue weighted by Crippen LogP contribution is 2.21. The predicted molar refractivity (Wildman–Crippen MR) is 103 cm³/mol. The summed E-state index contributed by atoms with van der Waals surface area (Å²) in [7, 11) is 1.92. The van der Waals surface area contributed by atoms with Crippen molar-refractivity contribution in [2.24, 2.45) is 0 Å². The molecule has 0 aliphatic heterocycles. The van der Waals surface area contributed by atoms with E-state index in [0.717, 1.165) is 11.3 Å². The molecule has 25 heavy (non-hydrogen) atoms. The van der Waals surface area contributed by atoms with Gasteiger partial charge in [0.1, 0.15) is 12.4 Å². The van der Waals surface area contributed by atoms with Crippen molar-refractivity contribution in [1.82, 2.24) is 4.90 Å². The maximum Gasteiger partial charge on any atom is 0.241 e. The fourth-order valence-electron chi connectivity index (χ4n) is 2.27. The lowest BCUT2D eigenvalue weighted by atomic mass is 10.1. The number of amides is 1. The summed E-state index contributed by atoms with van der Waals surface area (Å²) >= 11 is 6.09. The highest BCUT2D eigenvalue weighted by Gasteiger charge is 2.19. The van der Waals surface area contributed by atoms with Crippen LogP contribution in [0.2, 0.25) is 5.02 Å². The van der Waals surface area contributed by atoms with Gasteiger partial charge in [0, 0.05) is 6.54 Å². The minimum absolute atomic E-state index is 0.0958. The number of benzene rings is 2. The van der Waals surface area contributed by atoms with Crippen LogP contribution < -0.4 is 10.1 Å². The maximum atomic E-state index is 12.4. The number of para-hydroxylation sites is 1. The Morgan fingerprint density at radius 2 is 1.96 bits per heavy atom. The molecule has 0 saturated carbocycles. The van der Waals surface area contributed by atoms with Crippen LogP contribution in [-0.4, -0.2) is 30.5 Å². The molecule has 0 spiro atoms. The molecule has 1 N–H and O–H groups in total. The molecule has 0 aromatic heterocycles. The molecule has 2 rings (SSSR count). The van der Waals surface area contributed by atoms with Crippen LogP contribution in [0, 0.1) is 0 Å². The quantitative estimate of drug-likeness (QED) is 0.713. The van der Waals surface area contributed by atoms with Gasteiger partial charge in [0.15, 0.2) is 0 Å². The number of nitrogens with one attached hydrogen (secondary N) is 1. The van der Waals surface area contributed by atoms with Crippen LogP contribution in [0.25, 0.3) is 0 Å². The van der Waals surface area contributed by atoms with Crippen molar-refractivity contribution in [2.75, 3.05) is 19.0 Å². The van der Waals surface area contributed by atoms with Crippen molar-refractivity contribution in [2.45, 2.75) is 19.5 Å². The first-order chi connectivity index (χ1) is 12.0. The molecule has 1 unspecified atom stereocenters. The monoisotopic (exact) mass is 358 g/mol. The van der Waals surface area contributed by atoms with E-state index in [-0.39, 0.29) is 11.9 Å². The van der Waals surface area contributed by atoms with E-state index in [4.69, 9.17) is 16.3 Å². The number of rotatable bonds is 8. The lowest BCUT2D eigenvalue weighted by Crippen LogP contribution is -2.39. The van der Waals surface area contributed by atoms with E-state index in [1.807, 2.05) is 55.3 Å². The summed E-state index contributed by atoms with van der Waals surface area (Å²) in [5.74, 6) is 0.706. The third kappa shape index (κ3) is 5.62. The summed E-state index contributed by atoms with van der Waals surface area (Å²) in [6.45, 7) is 6.63. The van der Waals surface area contributed by atoms with Crippen molar-refractivity contribution in [3.8, 4) is 5.75 Å². The van der Waals surface area contributed by atoms with E-state index in [9.17, 15) is 4.79 Å². The molecule has 5 heteroatoms. The number of likely N-dealkylation sites (N-methyl/N-ethyl adjacent to an activating group) is 1. The van der Waals surface area contributed by atoms with Crippen molar-refractivity contribution in [3.63, 3.8) is 0 Å². The molecule has 4 nitrogen and oxygen atoms in total. The molecule has 2 aromatic carbocycles. The van der Waals surface area contributed by atoms with E-state index in [2.05, 4.69) is 11.9 Å². The fourth-order valence-corrected chi connectivity index (χ4v) is 2.45. The second-order valence-electron chi connectivity index (χ2n) is 5.80. The SMILES string of the molecule is C=CCOc1ccc(CN(C)C(C)C(=O)Nc2ccccc2Cl)cc1. The summed E-state index contributed by atoms with van der Waals surface area (Å²) < 4.78 is 5.47. The number of nitrogens with zero attached hydrogens (tertiary/aromatic N) is 1. The van der Waals surface area contributed by atoms with Crippen molar-refractivity contribution in [3.05, 3.63) is 71.8 Å². The molecular formula is C20H23ClN2O2. The number of halogens is 1. The molecule has 0 saturated heterocycles. The zero-order chi connectivity index (χ0) is 18.2. The van der Waals surface area contributed by atoms with Crippen molar-refractivity contribution >= 4 is 23.2 Å². The van der Waals surface area contributed by atoms with Gasteiger partial charge in [-0.1, -0.05) is 48.5 Å². The first-order valence-electron chi connectivity index (χ1n) is 8.09. The normalized spacial score (nSPS) is 11.8. The summed E-state index contributed by atoms with van der Waals surface area (Å²) in [5, 5.41) is 3.40. The van der Waals surface area contributed by atoms with Gasteiger partial charge in [-0.05, 0) is 43.8 Å². The predicted octanol–water partition coefficient (Wildman–Crippen LogP) is 4.36. The summed E-state index contributed by atoms with van der Waals surface area (Å²) in [6, 6.07) is 14.7. The minimum atomic E-state index is -0.298. The summed E-state index contributed by atoms with van der Waals surface area (Å²) in [4.78, 5) is 14.4. The second kappa shape index (κ2) is 9.25. The largest absolute Gasteiger partial charge is 0.490 e. The first kappa shape index (κ1) is 19.0. The Morgan fingerprint density at radius 1 is 1.28 bits per heavy atom.